The number of ketones is 1. The minimum atomic E-state index is -4.44. The molecule has 1 nitrogen and oxygen atoms in total. The summed E-state index contributed by atoms with van der Waals surface area (Å²) in [5.41, 5.74) is -0.808. The van der Waals surface area contributed by atoms with Crippen LogP contribution in [-0.2, 0) is 11.0 Å². The zero-order chi connectivity index (χ0) is 12.5. The molecule has 0 aromatic heterocycles. The maximum absolute atomic E-state index is 12.7. The number of carbonyl (C=O) groups is 1. The van der Waals surface area contributed by atoms with Gasteiger partial charge in [-0.2, -0.15) is 13.2 Å². The average Bonchev–Trinajstić information content (AvgIpc) is 2.14. The molecule has 0 fully saturated rings. The third-order valence-electron chi connectivity index (χ3n) is 1.95. The molecule has 0 saturated carbocycles. The lowest BCUT2D eigenvalue weighted by Crippen LogP contribution is -2.13. The predicted octanol–water partition coefficient (Wildman–Crippen LogP) is 4.34. The number of hydrogen-bond acceptors (Lipinski definition) is 1. The van der Waals surface area contributed by atoms with E-state index < -0.39 is 16.6 Å². The maximum atomic E-state index is 12.7. The molecule has 88 valence electrons. The van der Waals surface area contributed by atoms with Crippen LogP contribution < -0.4 is 0 Å². The smallest absolute Gasteiger partial charge is 0.298 e. The number of alkyl halides is 4. The van der Waals surface area contributed by atoms with Gasteiger partial charge in [0.15, 0.2) is 0 Å². The van der Waals surface area contributed by atoms with E-state index in [1.165, 1.54) is 19.1 Å². The van der Waals surface area contributed by atoms with Gasteiger partial charge in [-0.05, 0) is 53.3 Å². The maximum Gasteiger partial charge on any atom is 0.416 e. The van der Waals surface area contributed by atoms with Crippen LogP contribution in [0.1, 0.15) is 22.9 Å². The predicted molar refractivity (Wildman–Crippen MR) is 66.5 cm³/mol. The van der Waals surface area contributed by atoms with Gasteiger partial charge >= 0.3 is 6.18 Å². The van der Waals surface area contributed by atoms with Gasteiger partial charge in [0.05, 0.1) is 10.4 Å². The first-order valence-electron chi connectivity index (χ1n) is 4.24. The molecular formula is C10H7BrF3IO. The standard InChI is InChI=1S/C10H7BrF3IO/c1-5(16)9(11)7-4-6(15)2-3-8(7)10(12,13)14/h2-4,9H,1H3. The molecule has 6 heteroatoms. The van der Waals surface area contributed by atoms with Crippen molar-refractivity contribution in [2.75, 3.05) is 0 Å². The van der Waals surface area contributed by atoms with E-state index in [0.717, 1.165) is 6.07 Å². The van der Waals surface area contributed by atoms with Gasteiger partial charge in [-0.25, -0.2) is 0 Å². The Kier molecular flexibility index (Phi) is 4.39. The van der Waals surface area contributed by atoms with Gasteiger partial charge in [0.25, 0.3) is 0 Å². The molecule has 16 heavy (non-hydrogen) atoms. The van der Waals surface area contributed by atoms with Crippen LogP contribution in [0.3, 0.4) is 0 Å². The normalized spacial score (nSPS) is 13.6. The summed E-state index contributed by atoms with van der Waals surface area (Å²) in [6.07, 6.45) is -4.44. The molecule has 1 unspecified atom stereocenters. The van der Waals surface area contributed by atoms with E-state index >= 15 is 0 Å². The molecule has 0 saturated heterocycles. The molecule has 0 heterocycles. The summed E-state index contributed by atoms with van der Waals surface area (Å²) in [6.45, 7) is 1.25. The molecule has 0 aliphatic heterocycles. The zero-order valence-corrected chi connectivity index (χ0v) is 11.9. The SMILES string of the molecule is CC(=O)C(Br)c1cc(I)ccc1C(F)(F)F. The Morgan fingerprint density at radius 2 is 2.00 bits per heavy atom. The molecule has 0 radical (unpaired) electrons. The van der Waals surface area contributed by atoms with Crippen molar-refractivity contribution in [3.05, 3.63) is 32.9 Å². The van der Waals surface area contributed by atoms with Gasteiger partial charge in [-0.15, -0.1) is 0 Å². The van der Waals surface area contributed by atoms with Crippen molar-refractivity contribution in [3.8, 4) is 0 Å². The fourth-order valence-electron chi connectivity index (χ4n) is 1.22. The average molecular weight is 407 g/mol. The van der Waals surface area contributed by atoms with Crippen molar-refractivity contribution < 1.29 is 18.0 Å². The van der Waals surface area contributed by atoms with Crippen LogP contribution in [-0.4, -0.2) is 5.78 Å². The topological polar surface area (TPSA) is 17.1 Å². The summed E-state index contributed by atoms with van der Waals surface area (Å²) in [7, 11) is 0. The van der Waals surface area contributed by atoms with E-state index in [-0.39, 0.29) is 11.3 Å². The van der Waals surface area contributed by atoms with Crippen molar-refractivity contribution in [2.45, 2.75) is 17.9 Å². The second-order valence-electron chi connectivity index (χ2n) is 3.20. The quantitative estimate of drug-likeness (QED) is 0.527. The number of benzene rings is 1. The monoisotopic (exact) mass is 406 g/mol. The third kappa shape index (κ3) is 3.19. The Labute approximate surface area is 113 Å². The number of hydrogen-bond donors (Lipinski definition) is 0. The summed E-state index contributed by atoms with van der Waals surface area (Å²) >= 11 is 4.88. The molecule has 0 spiro atoms. The van der Waals surface area contributed by atoms with E-state index in [1.54, 1.807) is 0 Å². The fourth-order valence-corrected chi connectivity index (χ4v) is 2.11. The molecular weight excluding hydrogens is 400 g/mol. The second kappa shape index (κ2) is 5.03. The lowest BCUT2D eigenvalue weighted by atomic mass is 10.0. The van der Waals surface area contributed by atoms with E-state index in [4.69, 9.17) is 0 Å². The highest BCUT2D eigenvalue weighted by molar-refractivity contribution is 14.1. The first kappa shape index (κ1) is 14.0. The summed E-state index contributed by atoms with van der Waals surface area (Å²) in [5, 5.41) is 0. The molecule has 1 aromatic rings. The Morgan fingerprint density at radius 3 is 2.44 bits per heavy atom. The largest absolute Gasteiger partial charge is 0.416 e. The number of rotatable bonds is 2. The van der Waals surface area contributed by atoms with Crippen molar-refractivity contribution in [1.29, 1.82) is 0 Å². The highest BCUT2D eigenvalue weighted by Gasteiger charge is 2.35. The first-order valence-corrected chi connectivity index (χ1v) is 6.24. The van der Waals surface area contributed by atoms with Crippen LogP contribution in [0.2, 0.25) is 0 Å². The van der Waals surface area contributed by atoms with Crippen molar-refractivity contribution in [2.24, 2.45) is 0 Å². The Bertz CT molecular complexity index is 417. The summed E-state index contributed by atoms with van der Waals surface area (Å²) in [4.78, 5) is 10.2. The number of carbonyl (C=O) groups excluding carboxylic acids is 1. The highest BCUT2D eigenvalue weighted by Crippen LogP contribution is 2.38. The highest BCUT2D eigenvalue weighted by atomic mass is 127. The zero-order valence-electron chi connectivity index (χ0n) is 8.11. The van der Waals surface area contributed by atoms with Gasteiger partial charge < -0.3 is 0 Å². The fraction of sp³-hybridized carbons (Fsp3) is 0.300. The van der Waals surface area contributed by atoms with Gasteiger partial charge in [0, 0.05) is 3.57 Å². The third-order valence-corrected chi connectivity index (χ3v) is 3.76. The van der Waals surface area contributed by atoms with Gasteiger partial charge in [0.1, 0.15) is 5.78 Å². The van der Waals surface area contributed by atoms with Gasteiger partial charge in [0.2, 0.25) is 0 Å². The lowest BCUT2D eigenvalue weighted by Gasteiger charge is -2.15. The molecule has 0 aliphatic carbocycles. The van der Waals surface area contributed by atoms with E-state index in [2.05, 4.69) is 15.9 Å². The summed E-state index contributed by atoms with van der Waals surface area (Å²) in [6, 6.07) is 3.73. The lowest BCUT2D eigenvalue weighted by molar-refractivity contribution is -0.138. The number of halogens is 5. The minimum absolute atomic E-state index is 0.0353. The van der Waals surface area contributed by atoms with Crippen molar-refractivity contribution in [1.82, 2.24) is 0 Å². The molecule has 0 bridgehead atoms. The van der Waals surface area contributed by atoms with Crippen LogP contribution in [0.25, 0.3) is 0 Å². The molecule has 1 atom stereocenters. The van der Waals surface area contributed by atoms with E-state index in [1.807, 2.05) is 22.6 Å². The molecule has 1 rings (SSSR count). The Hall–Kier alpha value is -0.110. The van der Waals surface area contributed by atoms with Crippen LogP contribution in [0, 0.1) is 3.57 Å². The Morgan fingerprint density at radius 1 is 1.44 bits per heavy atom. The molecule has 0 aliphatic rings. The van der Waals surface area contributed by atoms with Crippen molar-refractivity contribution in [3.63, 3.8) is 0 Å². The summed E-state index contributed by atoms with van der Waals surface area (Å²) in [5.74, 6) is -0.354. The van der Waals surface area contributed by atoms with Gasteiger partial charge in [-0.1, -0.05) is 15.9 Å². The summed E-state index contributed by atoms with van der Waals surface area (Å²) < 4.78 is 38.7. The van der Waals surface area contributed by atoms with Crippen LogP contribution in [0.5, 0.6) is 0 Å². The van der Waals surface area contributed by atoms with Gasteiger partial charge in [-0.3, -0.25) is 4.79 Å². The van der Waals surface area contributed by atoms with E-state index in [0.29, 0.717) is 3.57 Å². The molecule has 0 amide bonds. The second-order valence-corrected chi connectivity index (χ2v) is 5.36. The van der Waals surface area contributed by atoms with Crippen LogP contribution in [0.4, 0.5) is 13.2 Å². The minimum Gasteiger partial charge on any atom is -0.298 e. The van der Waals surface area contributed by atoms with E-state index in [9.17, 15) is 18.0 Å². The van der Waals surface area contributed by atoms with Crippen LogP contribution >= 0.6 is 38.5 Å². The molecule has 0 N–H and O–H groups in total. The van der Waals surface area contributed by atoms with Crippen molar-refractivity contribution >= 4 is 44.3 Å². The van der Waals surface area contributed by atoms with Crippen LogP contribution in [0.15, 0.2) is 18.2 Å². The number of Topliss-reactive ketones (excluding diaryl/α,β-unsaturated/α-hetero) is 1. The Balaban J connectivity index is 3.35. The molecule has 1 aromatic carbocycles. The first-order chi connectivity index (χ1) is 7.23.